The lowest BCUT2D eigenvalue weighted by Crippen LogP contribution is -2.19. The van der Waals surface area contributed by atoms with Gasteiger partial charge in [0.05, 0.1) is 23.6 Å². The van der Waals surface area contributed by atoms with E-state index in [2.05, 4.69) is 10.3 Å². The fourth-order valence-corrected chi connectivity index (χ4v) is 2.37. The third-order valence-corrected chi connectivity index (χ3v) is 3.50. The number of rotatable bonds is 5. The second kappa shape index (κ2) is 7.04. The third kappa shape index (κ3) is 3.62. The molecule has 5 heteroatoms. The molecule has 1 unspecified atom stereocenters. The summed E-state index contributed by atoms with van der Waals surface area (Å²) in [4.78, 5) is 16.4. The Kier molecular flexibility index (Phi) is 4.65. The number of pyridine rings is 1. The highest BCUT2D eigenvalue weighted by Crippen LogP contribution is 2.21. The average molecular weight is 298 g/mol. The van der Waals surface area contributed by atoms with Crippen molar-refractivity contribution in [3.8, 4) is 5.75 Å². The summed E-state index contributed by atoms with van der Waals surface area (Å²) in [5.41, 5.74) is 1.16. The van der Waals surface area contributed by atoms with Gasteiger partial charge in [-0.15, -0.1) is 0 Å². The Morgan fingerprint density at radius 2 is 2.23 bits per heavy atom. The van der Waals surface area contributed by atoms with Gasteiger partial charge in [0.25, 0.3) is 5.91 Å². The Bertz CT molecular complexity index is 625. The molecule has 1 aromatic heterocycles. The molecular formula is C17H18N2O3. The molecule has 0 saturated carbocycles. The third-order valence-electron chi connectivity index (χ3n) is 3.50. The van der Waals surface area contributed by atoms with Crippen LogP contribution in [0.15, 0.2) is 48.8 Å². The molecule has 5 nitrogen and oxygen atoms in total. The summed E-state index contributed by atoms with van der Waals surface area (Å²) in [6.45, 7) is 1.26. The molecule has 0 bridgehead atoms. The Labute approximate surface area is 129 Å². The number of benzene rings is 1. The van der Waals surface area contributed by atoms with Gasteiger partial charge in [-0.05, 0) is 37.1 Å². The Morgan fingerprint density at radius 1 is 1.32 bits per heavy atom. The van der Waals surface area contributed by atoms with E-state index in [9.17, 15) is 4.79 Å². The van der Waals surface area contributed by atoms with Gasteiger partial charge in [-0.25, -0.2) is 0 Å². The van der Waals surface area contributed by atoms with Gasteiger partial charge >= 0.3 is 0 Å². The smallest absolute Gasteiger partial charge is 0.259 e. The van der Waals surface area contributed by atoms with E-state index in [1.807, 2.05) is 12.1 Å². The van der Waals surface area contributed by atoms with Crippen LogP contribution in [0.5, 0.6) is 5.75 Å². The van der Waals surface area contributed by atoms with Crippen LogP contribution in [0.1, 0.15) is 23.2 Å². The van der Waals surface area contributed by atoms with Crippen LogP contribution < -0.4 is 10.1 Å². The summed E-state index contributed by atoms with van der Waals surface area (Å²) in [6.07, 6.45) is 5.46. The lowest BCUT2D eigenvalue weighted by atomic mass is 10.2. The molecule has 22 heavy (non-hydrogen) atoms. The molecule has 1 aromatic carbocycles. The van der Waals surface area contributed by atoms with Gasteiger partial charge in [-0.2, -0.15) is 0 Å². The molecule has 1 N–H and O–H groups in total. The predicted octanol–water partition coefficient (Wildman–Crippen LogP) is 2.89. The zero-order valence-corrected chi connectivity index (χ0v) is 12.2. The van der Waals surface area contributed by atoms with Crippen molar-refractivity contribution in [3.63, 3.8) is 0 Å². The van der Waals surface area contributed by atoms with E-state index in [-0.39, 0.29) is 12.0 Å². The molecule has 3 rings (SSSR count). The summed E-state index contributed by atoms with van der Waals surface area (Å²) in [6, 6.07) is 10.8. The van der Waals surface area contributed by atoms with Crippen LogP contribution in [-0.4, -0.2) is 30.2 Å². The van der Waals surface area contributed by atoms with Gasteiger partial charge in [0.1, 0.15) is 12.4 Å². The van der Waals surface area contributed by atoms with Gasteiger partial charge in [0, 0.05) is 12.8 Å². The van der Waals surface area contributed by atoms with E-state index in [0.29, 0.717) is 23.6 Å². The first-order valence-corrected chi connectivity index (χ1v) is 7.38. The molecule has 114 valence electrons. The van der Waals surface area contributed by atoms with Crippen molar-refractivity contribution >= 4 is 11.6 Å². The number of carbonyl (C=O) groups excluding carboxylic acids is 1. The van der Waals surface area contributed by atoms with Crippen LogP contribution in [0, 0.1) is 0 Å². The van der Waals surface area contributed by atoms with Crippen LogP contribution >= 0.6 is 0 Å². The Morgan fingerprint density at radius 3 is 3.00 bits per heavy atom. The van der Waals surface area contributed by atoms with Crippen LogP contribution in [0.2, 0.25) is 0 Å². The average Bonchev–Trinajstić information content (AvgIpc) is 3.07. The molecule has 0 spiro atoms. The molecule has 1 saturated heterocycles. The number of carbonyl (C=O) groups is 1. The molecule has 1 aliphatic rings. The fourth-order valence-electron chi connectivity index (χ4n) is 2.37. The number of nitrogens with zero attached hydrogens (tertiary/aromatic N) is 1. The van der Waals surface area contributed by atoms with E-state index in [1.165, 1.54) is 0 Å². The molecular weight excluding hydrogens is 280 g/mol. The second-order valence-corrected chi connectivity index (χ2v) is 5.14. The van der Waals surface area contributed by atoms with E-state index >= 15 is 0 Å². The first-order chi connectivity index (χ1) is 10.8. The van der Waals surface area contributed by atoms with E-state index in [4.69, 9.17) is 9.47 Å². The largest absolute Gasteiger partial charge is 0.490 e. The van der Waals surface area contributed by atoms with Crippen molar-refractivity contribution in [2.24, 2.45) is 0 Å². The SMILES string of the molecule is O=C(Nc1cccnc1)c1ccccc1OCC1CCCO1. The van der Waals surface area contributed by atoms with Crippen molar-refractivity contribution in [1.29, 1.82) is 0 Å². The summed E-state index contributed by atoms with van der Waals surface area (Å²) < 4.78 is 11.3. The summed E-state index contributed by atoms with van der Waals surface area (Å²) in [7, 11) is 0. The number of anilines is 1. The summed E-state index contributed by atoms with van der Waals surface area (Å²) >= 11 is 0. The molecule has 2 aromatic rings. The Balaban J connectivity index is 1.68. The highest BCUT2D eigenvalue weighted by molar-refractivity contribution is 6.06. The normalized spacial score (nSPS) is 17.2. The van der Waals surface area contributed by atoms with Gasteiger partial charge in [0.15, 0.2) is 0 Å². The van der Waals surface area contributed by atoms with E-state index < -0.39 is 0 Å². The number of hydrogen-bond acceptors (Lipinski definition) is 4. The molecule has 0 radical (unpaired) electrons. The minimum absolute atomic E-state index is 0.120. The lowest BCUT2D eigenvalue weighted by molar-refractivity contribution is 0.0673. The topological polar surface area (TPSA) is 60.5 Å². The minimum atomic E-state index is -0.212. The van der Waals surface area contributed by atoms with Crippen LogP contribution in [0.4, 0.5) is 5.69 Å². The lowest BCUT2D eigenvalue weighted by Gasteiger charge is -2.14. The minimum Gasteiger partial charge on any atom is -0.490 e. The quantitative estimate of drug-likeness (QED) is 0.922. The number of nitrogens with one attached hydrogen (secondary N) is 1. The molecule has 2 heterocycles. The number of para-hydroxylation sites is 1. The highest BCUT2D eigenvalue weighted by Gasteiger charge is 2.18. The predicted molar refractivity (Wildman–Crippen MR) is 83.1 cm³/mol. The molecule has 0 aliphatic carbocycles. The first kappa shape index (κ1) is 14.5. The monoisotopic (exact) mass is 298 g/mol. The number of amides is 1. The van der Waals surface area contributed by atoms with Crippen molar-refractivity contribution in [1.82, 2.24) is 4.98 Å². The van der Waals surface area contributed by atoms with Crippen LogP contribution in [0.3, 0.4) is 0 Å². The van der Waals surface area contributed by atoms with Crippen molar-refractivity contribution in [3.05, 3.63) is 54.4 Å². The zero-order chi connectivity index (χ0) is 15.2. The fraction of sp³-hybridized carbons (Fsp3) is 0.294. The number of aromatic nitrogens is 1. The summed E-state index contributed by atoms with van der Waals surface area (Å²) in [5.74, 6) is 0.357. The van der Waals surface area contributed by atoms with Crippen molar-refractivity contribution in [2.75, 3.05) is 18.5 Å². The Hall–Kier alpha value is -2.40. The van der Waals surface area contributed by atoms with Gasteiger partial charge in [-0.1, -0.05) is 12.1 Å². The van der Waals surface area contributed by atoms with Gasteiger partial charge < -0.3 is 14.8 Å². The van der Waals surface area contributed by atoms with Gasteiger partial charge in [-0.3, -0.25) is 9.78 Å². The number of ether oxygens (including phenoxy) is 2. The summed E-state index contributed by atoms with van der Waals surface area (Å²) in [5, 5.41) is 2.81. The number of hydrogen-bond donors (Lipinski definition) is 1. The van der Waals surface area contributed by atoms with Crippen LogP contribution in [-0.2, 0) is 4.74 Å². The maximum atomic E-state index is 12.4. The first-order valence-electron chi connectivity index (χ1n) is 7.38. The maximum Gasteiger partial charge on any atom is 0.259 e. The molecule has 1 atom stereocenters. The molecule has 1 aliphatic heterocycles. The highest BCUT2D eigenvalue weighted by atomic mass is 16.5. The molecule has 1 fully saturated rings. The van der Waals surface area contributed by atoms with E-state index in [0.717, 1.165) is 19.4 Å². The molecule has 1 amide bonds. The zero-order valence-electron chi connectivity index (χ0n) is 12.2. The van der Waals surface area contributed by atoms with Gasteiger partial charge in [0.2, 0.25) is 0 Å². The van der Waals surface area contributed by atoms with E-state index in [1.54, 1.807) is 36.7 Å². The standard InChI is InChI=1S/C17H18N2O3/c20-17(19-13-5-3-9-18-11-13)15-7-1-2-8-16(15)22-12-14-6-4-10-21-14/h1-3,5,7-9,11,14H,4,6,10,12H2,(H,19,20). The van der Waals surface area contributed by atoms with Crippen LogP contribution in [0.25, 0.3) is 0 Å². The second-order valence-electron chi connectivity index (χ2n) is 5.14. The van der Waals surface area contributed by atoms with Crippen molar-refractivity contribution < 1.29 is 14.3 Å². The van der Waals surface area contributed by atoms with Crippen molar-refractivity contribution in [2.45, 2.75) is 18.9 Å². The maximum absolute atomic E-state index is 12.4.